The highest BCUT2D eigenvalue weighted by Crippen LogP contribution is 2.30. The summed E-state index contributed by atoms with van der Waals surface area (Å²) >= 11 is 6.03. The highest BCUT2D eigenvalue weighted by molar-refractivity contribution is 7.93. The number of pyridine rings is 1. The molecule has 0 aliphatic heterocycles. The first-order chi connectivity index (χ1) is 14.3. The number of anilines is 2. The number of para-hydroxylation sites is 1. The first-order valence-electron chi connectivity index (χ1n) is 8.54. The molecule has 0 fully saturated rings. The molecule has 2 N–H and O–H groups in total. The van der Waals surface area contributed by atoms with Crippen molar-refractivity contribution in [1.82, 2.24) is 4.98 Å². The molecule has 0 amide bonds. The number of benzene rings is 2. The summed E-state index contributed by atoms with van der Waals surface area (Å²) in [5, 5.41) is 15.5. The summed E-state index contributed by atoms with van der Waals surface area (Å²) in [6, 6.07) is 13.2. The molecule has 0 aliphatic carbocycles. The Morgan fingerprint density at radius 3 is 2.57 bits per heavy atom. The van der Waals surface area contributed by atoms with E-state index in [4.69, 9.17) is 11.6 Å². The number of halogens is 1. The van der Waals surface area contributed by atoms with Gasteiger partial charge in [0.15, 0.2) is 0 Å². The van der Waals surface area contributed by atoms with Crippen LogP contribution in [-0.2, 0) is 10.0 Å². The molecule has 0 radical (unpaired) electrons. The van der Waals surface area contributed by atoms with Gasteiger partial charge in [0.05, 0.1) is 27.0 Å². The quantitative estimate of drug-likeness (QED) is 0.317. The van der Waals surface area contributed by atoms with E-state index in [1.165, 1.54) is 24.3 Å². The fourth-order valence-electron chi connectivity index (χ4n) is 2.47. The van der Waals surface area contributed by atoms with E-state index in [-0.39, 0.29) is 27.0 Å². The van der Waals surface area contributed by atoms with Crippen LogP contribution in [0.3, 0.4) is 0 Å². The van der Waals surface area contributed by atoms with Crippen molar-refractivity contribution < 1.29 is 13.3 Å². The zero-order valence-corrected chi connectivity index (χ0v) is 17.2. The summed E-state index contributed by atoms with van der Waals surface area (Å²) in [4.78, 5) is 14.1. The molecule has 0 saturated carbocycles. The van der Waals surface area contributed by atoms with Gasteiger partial charge in [-0.1, -0.05) is 29.8 Å². The molecule has 2 aromatic carbocycles. The molecule has 30 heavy (non-hydrogen) atoms. The maximum atomic E-state index is 13.0. The van der Waals surface area contributed by atoms with Gasteiger partial charge in [-0.05, 0) is 31.2 Å². The Labute approximate surface area is 177 Å². The predicted molar refractivity (Wildman–Crippen MR) is 115 cm³/mol. The van der Waals surface area contributed by atoms with Crippen LogP contribution >= 0.6 is 11.6 Å². The lowest BCUT2D eigenvalue weighted by Crippen LogP contribution is -2.15. The Hall–Kier alpha value is -3.50. The maximum absolute atomic E-state index is 13.0. The van der Waals surface area contributed by atoms with Crippen molar-refractivity contribution in [3.63, 3.8) is 0 Å². The third-order valence-electron chi connectivity index (χ3n) is 4.01. The minimum Gasteiger partial charge on any atom is -0.278 e. The highest BCUT2D eigenvalue weighted by atomic mass is 35.5. The van der Waals surface area contributed by atoms with E-state index in [0.717, 1.165) is 11.6 Å². The van der Waals surface area contributed by atoms with Gasteiger partial charge in [0.1, 0.15) is 4.90 Å². The van der Waals surface area contributed by atoms with Crippen LogP contribution < -0.4 is 10.1 Å². The molecule has 154 valence electrons. The third kappa shape index (κ3) is 4.91. The van der Waals surface area contributed by atoms with E-state index >= 15 is 0 Å². The van der Waals surface area contributed by atoms with Crippen LogP contribution in [0, 0.1) is 10.1 Å². The van der Waals surface area contributed by atoms with E-state index in [1.807, 2.05) is 0 Å². The van der Waals surface area contributed by atoms with Gasteiger partial charge in [-0.15, -0.1) is 0 Å². The van der Waals surface area contributed by atoms with Crippen LogP contribution in [0.2, 0.25) is 5.02 Å². The second kappa shape index (κ2) is 8.89. The molecule has 0 atom stereocenters. The lowest BCUT2D eigenvalue weighted by Gasteiger charge is -2.13. The minimum atomic E-state index is -4.22. The molecule has 9 nitrogen and oxygen atoms in total. The van der Waals surface area contributed by atoms with Crippen molar-refractivity contribution in [3.8, 4) is 0 Å². The van der Waals surface area contributed by atoms with Crippen LogP contribution in [0.25, 0.3) is 0 Å². The Morgan fingerprint density at radius 2 is 1.90 bits per heavy atom. The zero-order valence-electron chi connectivity index (χ0n) is 15.6. The number of aromatic nitrogens is 1. The van der Waals surface area contributed by atoms with E-state index in [9.17, 15) is 18.5 Å². The average Bonchev–Trinajstić information content (AvgIpc) is 2.74. The number of rotatable bonds is 7. The van der Waals surface area contributed by atoms with Gasteiger partial charge in [0.25, 0.3) is 15.7 Å². The van der Waals surface area contributed by atoms with Gasteiger partial charge < -0.3 is 0 Å². The molecule has 0 aliphatic rings. The minimum absolute atomic E-state index is 0.0587. The number of nitrogens with one attached hydrogen (secondary N) is 2. The molecule has 0 bridgehead atoms. The van der Waals surface area contributed by atoms with Crippen molar-refractivity contribution in [2.75, 3.05) is 10.1 Å². The molecule has 3 rings (SSSR count). The molecule has 1 heterocycles. The summed E-state index contributed by atoms with van der Waals surface area (Å²) < 4.78 is 28.3. The molecular weight excluding hydrogens is 430 g/mol. The Bertz CT molecular complexity index is 1220. The summed E-state index contributed by atoms with van der Waals surface area (Å²) in [5.74, 6) is 0. The average molecular weight is 446 g/mol. The molecule has 0 unspecified atom stereocenters. The van der Waals surface area contributed by atoms with Crippen molar-refractivity contribution in [1.29, 1.82) is 0 Å². The van der Waals surface area contributed by atoms with Crippen LogP contribution in [0.4, 0.5) is 17.1 Å². The number of nitrogens with zero attached hydrogens (tertiary/aromatic N) is 3. The number of sulfonamides is 1. The van der Waals surface area contributed by atoms with Crippen LogP contribution in [0.5, 0.6) is 0 Å². The normalized spacial score (nSPS) is 11.7. The monoisotopic (exact) mass is 445 g/mol. The predicted octanol–water partition coefficient (Wildman–Crippen LogP) is 4.28. The first-order valence-corrected chi connectivity index (χ1v) is 10.4. The highest BCUT2D eigenvalue weighted by Gasteiger charge is 2.23. The summed E-state index contributed by atoms with van der Waals surface area (Å²) in [5.41, 5.74) is 3.76. The van der Waals surface area contributed by atoms with Crippen LogP contribution in [0.1, 0.15) is 12.5 Å². The van der Waals surface area contributed by atoms with Gasteiger partial charge in [-0.3, -0.25) is 25.2 Å². The van der Waals surface area contributed by atoms with Crippen molar-refractivity contribution >= 4 is 44.4 Å². The molecule has 1 aromatic heterocycles. The van der Waals surface area contributed by atoms with Crippen LogP contribution in [0.15, 0.2) is 77.0 Å². The van der Waals surface area contributed by atoms with E-state index in [1.54, 1.807) is 43.6 Å². The van der Waals surface area contributed by atoms with Crippen molar-refractivity contribution in [3.05, 3.63) is 87.7 Å². The summed E-state index contributed by atoms with van der Waals surface area (Å²) in [6.45, 7) is 1.71. The first kappa shape index (κ1) is 21.2. The number of nitro groups is 1. The SMILES string of the molecule is CC(=NNc1ccc([N+](=O)[O-])cc1S(=O)(=O)Nc1ccccc1Cl)c1cccnc1. The second-order valence-corrected chi connectivity index (χ2v) is 8.13. The van der Waals surface area contributed by atoms with Crippen molar-refractivity contribution in [2.24, 2.45) is 5.10 Å². The van der Waals surface area contributed by atoms with Gasteiger partial charge in [0, 0.05) is 30.1 Å². The molecular formula is C19H16ClN5O4S. The molecule has 0 spiro atoms. The van der Waals surface area contributed by atoms with E-state index < -0.39 is 14.9 Å². The number of hydrogen-bond donors (Lipinski definition) is 2. The number of nitro benzene ring substituents is 1. The van der Waals surface area contributed by atoms with Crippen molar-refractivity contribution in [2.45, 2.75) is 11.8 Å². The Morgan fingerprint density at radius 1 is 1.13 bits per heavy atom. The third-order valence-corrected chi connectivity index (χ3v) is 5.74. The van der Waals surface area contributed by atoms with Gasteiger partial charge in [-0.2, -0.15) is 5.10 Å². The number of hydrogen-bond acceptors (Lipinski definition) is 7. The zero-order chi connectivity index (χ0) is 21.7. The maximum Gasteiger partial charge on any atom is 0.270 e. The van der Waals surface area contributed by atoms with E-state index in [0.29, 0.717) is 5.71 Å². The second-order valence-electron chi connectivity index (χ2n) is 6.07. The fraction of sp³-hybridized carbons (Fsp3) is 0.0526. The fourth-order valence-corrected chi connectivity index (χ4v) is 3.96. The van der Waals surface area contributed by atoms with Crippen LogP contribution in [-0.4, -0.2) is 24.0 Å². The summed E-state index contributed by atoms with van der Waals surface area (Å²) in [7, 11) is -4.22. The lowest BCUT2D eigenvalue weighted by atomic mass is 10.2. The number of hydrazone groups is 1. The van der Waals surface area contributed by atoms with Gasteiger partial charge >= 0.3 is 0 Å². The Balaban J connectivity index is 2.00. The van der Waals surface area contributed by atoms with Gasteiger partial charge in [0.2, 0.25) is 0 Å². The largest absolute Gasteiger partial charge is 0.278 e. The molecule has 3 aromatic rings. The lowest BCUT2D eigenvalue weighted by molar-refractivity contribution is -0.385. The Kier molecular flexibility index (Phi) is 6.28. The molecule has 11 heteroatoms. The van der Waals surface area contributed by atoms with E-state index in [2.05, 4.69) is 20.2 Å². The smallest absolute Gasteiger partial charge is 0.270 e. The standard InChI is InChI=1S/C19H16ClN5O4S/c1-13(14-5-4-10-21-12-14)22-23-18-9-8-15(25(26)27)11-19(18)30(28,29)24-17-7-3-2-6-16(17)20/h2-12,23-24H,1H3. The van der Waals surface area contributed by atoms with Gasteiger partial charge in [-0.25, -0.2) is 8.42 Å². The number of non-ortho nitro benzene ring substituents is 1. The topological polar surface area (TPSA) is 127 Å². The summed E-state index contributed by atoms with van der Waals surface area (Å²) in [6.07, 6.45) is 3.22. The molecule has 0 saturated heterocycles.